The van der Waals surface area contributed by atoms with E-state index in [4.69, 9.17) is 9.47 Å². The normalized spacial score (nSPS) is 10.4. The van der Waals surface area contributed by atoms with Gasteiger partial charge in [-0.3, -0.25) is 4.79 Å². The number of methoxy groups -OCH3 is 1. The molecule has 1 amide bonds. The molecule has 0 spiro atoms. The first-order valence-electron chi connectivity index (χ1n) is 9.49. The van der Waals surface area contributed by atoms with E-state index in [1.54, 1.807) is 25.3 Å². The van der Waals surface area contributed by atoms with Gasteiger partial charge in [0.15, 0.2) is 11.5 Å². The Labute approximate surface area is 166 Å². The van der Waals surface area contributed by atoms with Gasteiger partial charge in [-0.1, -0.05) is 61.9 Å². The van der Waals surface area contributed by atoms with Gasteiger partial charge in [-0.05, 0) is 36.2 Å². The van der Waals surface area contributed by atoms with Crippen LogP contribution in [0.25, 0.3) is 11.1 Å². The summed E-state index contributed by atoms with van der Waals surface area (Å²) in [5.74, 6) is 1.01. The Morgan fingerprint density at radius 3 is 2.43 bits per heavy atom. The average molecular weight is 375 g/mol. The van der Waals surface area contributed by atoms with Crippen molar-refractivity contribution >= 4 is 11.6 Å². The maximum atomic E-state index is 12.8. The van der Waals surface area contributed by atoms with Crippen molar-refractivity contribution in [1.82, 2.24) is 0 Å². The third kappa shape index (κ3) is 4.71. The van der Waals surface area contributed by atoms with E-state index in [1.807, 2.05) is 54.6 Å². The maximum absolute atomic E-state index is 12.8. The highest BCUT2D eigenvalue weighted by atomic mass is 16.5. The van der Waals surface area contributed by atoms with Crippen molar-refractivity contribution in [3.8, 4) is 22.6 Å². The molecule has 0 bridgehead atoms. The highest BCUT2D eigenvalue weighted by Gasteiger charge is 2.13. The van der Waals surface area contributed by atoms with E-state index < -0.39 is 0 Å². The van der Waals surface area contributed by atoms with Crippen LogP contribution in [0.3, 0.4) is 0 Å². The van der Waals surface area contributed by atoms with Crippen molar-refractivity contribution in [2.45, 2.75) is 19.8 Å². The minimum Gasteiger partial charge on any atom is -0.493 e. The van der Waals surface area contributed by atoms with Crippen molar-refractivity contribution in [1.29, 1.82) is 0 Å². The summed E-state index contributed by atoms with van der Waals surface area (Å²) >= 11 is 0. The molecule has 0 radical (unpaired) electrons. The van der Waals surface area contributed by atoms with Crippen LogP contribution in [0.4, 0.5) is 5.69 Å². The number of hydrogen-bond donors (Lipinski definition) is 1. The van der Waals surface area contributed by atoms with Gasteiger partial charge in [0.25, 0.3) is 5.91 Å². The number of ether oxygens (including phenoxy) is 2. The molecule has 0 fully saturated rings. The number of benzene rings is 3. The van der Waals surface area contributed by atoms with E-state index in [0.29, 0.717) is 23.7 Å². The zero-order chi connectivity index (χ0) is 19.8. The van der Waals surface area contributed by atoms with Crippen LogP contribution >= 0.6 is 0 Å². The van der Waals surface area contributed by atoms with Gasteiger partial charge < -0.3 is 14.8 Å². The first-order chi connectivity index (χ1) is 13.7. The Kier molecular flexibility index (Phi) is 6.68. The Hall–Kier alpha value is -3.27. The van der Waals surface area contributed by atoms with Crippen LogP contribution in [0.2, 0.25) is 0 Å². The summed E-state index contributed by atoms with van der Waals surface area (Å²) in [4.78, 5) is 12.8. The minimum absolute atomic E-state index is 0.193. The molecular formula is C24H25NO3. The molecule has 0 aromatic heterocycles. The molecule has 1 N–H and O–H groups in total. The zero-order valence-electron chi connectivity index (χ0n) is 16.3. The molecule has 0 aliphatic rings. The first kappa shape index (κ1) is 19.5. The van der Waals surface area contributed by atoms with Crippen LogP contribution in [0.1, 0.15) is 30.1 Å². The molecule has 3 rings (SSSR count). The summed E-state index contributed by atoms with van der Waals surface area (Å²) in [6, 6.07) is 23.0. The molecule has 3 aromatic carbocycles. The Morgan fingerprint density at radius 1 is 0.929 bits per heavy atom. The maximum Gasteiger partial charge on any atom is 0.255 e. The second-order valence-electron chi connectivity index (χ2n) is 6.43. The number of rotatable bonds is 8. The van der Waals surface area contributed by atoms with E-state index in [-0.39, 0.29) is 5.91 Å². The SMILES string of the molecule is CCCCOc1ccc(C(=O)Nc2ccccc2-c2ccccc2)cc1OC. The van der Waals surface area contributed by atoms with Gasteiger partial charge in [0.1, 0.15) is 0 Å². The van der Waals surface area contributed by atoms with Gasteiger partial charge in [-0.25, -0.2) is 0 Å². The number of para-hydroxylation sites is 1. The molecule has 28 heavy (non-hydrogen) atoms. The molecule has 4 heteroatoms. The van der Waals surface area contributed by atoms with Crippen molar-refractivity contribution < 1.29 is 14.3 Å². The van der Waals surface area contributed by atoms with E-state index in [0.717, 1.165) is 29.7 Å². The standard InChI is InChI=1S/C24H25NO3/c1-3-4-16-28-22-15-14-19(17-23(22)27-2)24(26)25-21-13-9-8-12-20(21)18-10-6-5-7-11-18/h5-15,17H,3-4,16H2,1-2H3,(H,25,26). The van der Waals surface area contributed by atoms with Gasteiger partial charge in [-0.15, -0.1) is 0 Å². The van der Waals surface area contributed by atoms with Crippen molar-refractivity contribution in [2.75, 3.05) is 19.0 Å². The van der Waals surface area contributed by atoms with Crippen LogP contribution < -0.4 is 14.8 Å². The van der Waals surface area contributed by atoms with Crippen LogP contribution in [-0.4, -0.2) is 19.6 Å². The number of nitrogens with one attached hydrogen (secondary N) is 1. The second kappa shape index (κ2) is 9.60. The van der Waals surface area contributed by atoms with Gasteiger partial charge in [0.05, 0.1) is 13.7 Å². The Balaban J connectivity index is 1.80. The lowest BCUT2D eigenvalue weighted by Gasteiger charge is -2.14. The summed E-state index contributed by atoms with van der Waals surface area (Å²) in [6.07, 6.45) is 2.03. The quantitative estimate of drug-likeness (QED) is 0.507. The molecule has 0 unspecified atom stereocenters. The summed E-state index contributed by atoms with van der Waals surface area (Å²) in [5.41, 5.74) is 3.31. The smallest absolute Gasteiger partial charge is 0.255 e. The van der Waals surface area contributed by atoms with Crippen molar-refractivity contribution in [3.05, 3.63) is 78.4 Å². The summed E-state index contributed by atoms with van der Waals surface area (Å²) in [6.45, 7) is 2.74. The number of carbonyl (C=O) groups excluding carboxylic acids is 1. The molecule has 144 valence electrons. The molecule has 4 nitrogen and oxygen atoms in total. The average Bonchev–Trinajstić information content (AvgIpc) is 2.75. The lowest BCUT2D eigenvalue weighted by atomic mass is 10.0. The molecular weight excluding hydrogens is 350 g/mol. The summed E-state index contributed by atoms with van der Waals surface area (Å²) < 4.78 is 11.1. The van der Waals surface area contributed by atoms with Crippen molar-refractivity contribution in [2.24, 2.45) is 0 Å². The van der Waals surface area contributed by atoms with E-state index >= 15 is 0 Å². The van der Waals surface area contributed by atoms with Crippen LogP contribution in [0, 0.1) is 0 Å². The van der Waals surface area contributed by atoms with Crippen LogP contribution in [0.15, 0.2) is 72.8 Å². The zero-order valence-corrected chi connectivity index (χ0v) is 16.3. The Morgan fingerprint density at radius 2 is 1.68 bits per heavy atom. The third-order valence-electron chi connectivity index (χ3n) is 4.44. The lowest BCUT2D eigenvalue weighted by molar-refractivity contribution is 0.102. The molecule has 0 aliphatic heterocycles. The minimum atomic E-state index is -0.193. The fourth-order valence-corrected chi connectivity index (χ4v) is 2.91. The van der Waals surface area contributed by atoms with Crippen LogP contribution in [-0.2, 0) is 0 Å². The number of unbranched alkanes of at least 4 members (excludes halogenated alkanes) is 1. The Bertz CT molecular complexity index is 922. The number of amides is 1. The fourth-order valence-electron chi connectivity index (χ4n) is 2.91. The van der Waals surface area contributed by atoms with Gasteiger partial charge in [0, 0.05) is 16.8 Å². The topological polar surface area (TPSA) is 47.6 Å². The largest absolute Gasteiger partial charge is 0.493 e. The molecule has 0 atom stereocenters. The summed E-state index contributed by atoms with van der Waals surface area (Å²) in [7, 11) is 1.58. The number of hydrogen-bond acceptors (Lipinski definition) is 3. The van der Waals surface area contributed by atoms with Crippen molar-refractivity contribution in [3.63, 3.8) is 0 Å². The van der Waals surface area contributed by atoms with Gasteiger partial charge in [-0.2, -0.15) is 0 Å². The van der Waals surface area contributed by atoms with Crippen LogP contribution in [0.5, 0.6) is 11.5 Å². The predicted molar refractivity (Wildman–Crippen MR) is 113 cm³/mol. The monoisotopic (exact) mass is 375 g/mol. The highest BCUT2D eigenvalue weighted by Crippen LogP contribution is 2.30. The third-order valence-corrected chi connectivity index (χ3v) is 4.44. The van der Waals surface area contributed by atoms with Gasteiger partial charge >= 0.3 is 0 Å². The van der Waals surface area contributed by atoms with E-state index in [9.17, 15) is 4.79 Å². The number of anilines is 1. The number of carbonyl (C=O) groups is 1. The fraction of sp³-hybridized carbons (Fsp3) is 0.208. The van der Waals surface area contributed by atoms with E-state index in [1.165, 1.54) is 0 Å². The van der Waals surface area contributed by atoms with Gasteiger partial charge in [0.2, 0.25) is 0 Å². The molecule has 0 aliphatic carbocycles. The second-order valence-corrected chi connectivity index (χ2v) is 6.43. The highest BCUT2D eigenvalue weighted by molar-refractivity contribution is 6.06. The molecule has 0 saturated carbocycles. The van der Waals surface area contributed by atoms with E-state index in [2.05, 4.69) is 12.2 Å². The lowest BCUT2D eigenvalue weighted by Crippen LogP contribution is -2.13. The molecule has 0 saturated heterocycles. The summed E-state index contributed by atoms with van der Waals surface area (Å²) in [5, 5.41) is 3.01. The predicted octanol–water partition coefficient (Wildman–Crippen LogP) is 5.79. The molecule has 0 heterocycles. The molecule has 3 aromatic rings. The first-order valence-corrected chi connectivity index (χ1v) is 9.49.